The van der Waals surface area contributed by atoms with Gasteiger partial charge >= 0.3 is 11.9 Å². The predicted octanol–water partition coefficient (Wildman–Crippen LogP) is 1.83. The Bertz CT molecular complexity index is 442. The van der Waals surface area contributed by atoms with E-state index in [-0.39, 0.29) is 13.2 Å². The number of hydrazone groups is 1. The topological polar surface area (TPSA) is 77.0 Å². The number of anilines is 1. The third-order valence-corrected chi connectivity index (χ3v) is 2.27. The van der Waals surface area contributed by atoms with Gasteiger partial charge in [-0.1, -0.05) is 18.2 Å². The molecule has 0 atom stereocenters. The first-order valence-electron chi connectivity index (χ1n) is 6.36. The van der Waals surface area contributed by atoms with E-state index in [0.29, 0.717) is 0 Å². The van der Waals surface area contributed by atoms with Gasteiger partial charge in [0.15, 0.2) is 5.92 Å². The van der Waals surface area contributed by atoms with Crippen LogP contribution in [0.1, 0.15) is 13.8 Å². The van der Waals surface area contributed by atoms with Gasteiger partial charge in [-0.3, -0.25) is 15.0 Å². The van der Waals surface area contributed by atoms with Crippen molar-refractivity contribution in [3.63, 3.8) is 0 Å². The Morgan fingerprint density at radius 3 is 2.20 bits per heavy atom. The molecular weight excluding hydrogens is 260 g/mol. The van der Waals surface area contributed by atoms with Crippen molar-refractivity contribution in [3.05, 3.63) is 30.3 Å². The smallest absolute Gasteiger partial charge is 0.325 e. The van der Waals surface area contributed by atoms with Gasteiger partial charge in [0, 0.05) is 0 Å². The molecule has 1 aromatic carbocycles. The van der Waals surface area contributed by atoms with Gasteiger partial charge in [0.25, 0.3) is 0 Å². The van der Waals surface area contributed by atoms with Crippen LogP contribution >= 0.6 is 0 Å². The maximum absolute atomic E-state index is 11.7. The Morgan fingerprint density at radius 1 is 1.15 bits per heavy atom. The lowest BCUT2D eigenvalue weighted by atomic mass is 10.2. The number of hydrogen-bond donors (Lipinski definition) is 1. The van der Waals surface area contributed by atoms with Crippen LogP contribution in [0.3, 0.4) is 0 Å². The fourth-order valence-electron chi connectivity index (χ4n) is 1.38. The molecule has 0 radical (unpaired) electrons. The van der Waals surface area contributed by atoms with Crippen molar-refractivity contribution in [2.75, 3.05) is 18.6 Å². The molecule has 0 amide bonds. The molecule has 0 fully saturated rings. The Labute approximate surface area is 117 Å². The van der Waals surface area contributed by atoms with E-state index < -0.39 is 17.9 Å². The van der Waals surface area contributed by atoms with E-state index in [1.165, 1.54) is 6.21 Å². The molecule has 108 valence electrons. The molecule has 0 bridgehead atoms. The van der Waals surface area contributed by atoms with Gasteiger partial charge in [0.05, 0.1) is 25.1 Å². The van der Waals surface area contributed by atoms with Gasteiger partial charge in [0.2, 0.25) is 0 Å². The number of para-hydroxylation sites is 1. The highest BCUT2D eigenvalue weighted by Crippen LogP contribution is 2.06. The number of ether oxygens (including phenoxy) is 2. The first-order chi connectivity index (χ1) is 9.69. The van der Waals surface area contributed by atoms with Crippen LogP contribution in [0, 0.1) is 5.92 Å². The number of carbonyl (C=O) groups is 2. The van der Waals surface area contributed by atoms with Crippen molar-refractivity contribution in [2.24, 2.45) is 11.0 Å². The van der Waals surface area contributed by atoms with Gasteiger partial charge in [-0.25, -0.2) is 0 Å². The molecule has 20 heavy (non-hydrogen) atoms. The molecule has 6 nitrogen and oxygen atoms in total. The van der Waals surface area contributed by atoms with Crippen LogP contribution in [0.15, 0.2) is 35.4 Å². The second kappa shape index (κ2) is 8.68. The molecule has 0 aliphatic carbocycles. The SMILES string of the molecule is CCOC(=O)C(C=NNc1ccccc1)C(=O)OCC. The summed E-state index contributed by atoms with van der Waals surface area (Å²) in [5.41, 5.74) is 3.47. The summed E-state index contributed by atoms with van der Waals surface area (Å²) in [7, 11) is 0. The van der Waals surface area contributed by atoms with Gasteiger partial charge in [-0.15, -0.1) is 0 Å². The normalized spacial score (nSPS) is 10.6. The zero-order chi connectivity index (χ0) is 14.8. The van der Waals surface area contributed by atoms with Crippen molar-refractivity contribution in [1.29, 1.82) is 0 Å². The average molecular weight is 278 g/mol. The molecule has 0 saturated heterocycles. The van der Waals surface area contributed by atoms with Crippen LogP contribution in [-0.2, 0) is 19.1 Å². The highest BCUT2D eigenvalue weighted by molar-refractivity contribution is 6.09. The van der Waals surface area contributed by atoms with Crippen LogP contribution in [0.4, 0.5) is 5.69 Å². The minimum Gasteiger partial charge on any atom is -0.465 e. The first kappa shape index (κ1) is 15.7. The van der Waals surface area contributed by atoms with E-state index in [9.17, 15) is 9.59 Å². The molecule has 1 N–H and O–H groups in total. The van der Waals surface area contributed by atoms with Crippen LogP contribution in [0.25, 0.3) is 0 Å². The van der Waals surface area contributed by atoms with Crippen molar-refractivity contribution in [3.8, 4) is 0 Å². The molecule has 1 aromatic rings. The molecule has 0 aliphatic heterocycles. The van der Waals surface area contributed by atoms with E-state index in [1.54, 1.807) is 26.0 Å². The number of nitrogens with zero attached hydrogens (tertiary/aromatic N) is 1. The third-order valence-electron chi connectivity index (χ3n) is 2.27. The van der Waals surface area contributed by atoms with E-state index in [2.05, 4.69) is 10.5 Å². The Kier molecular flexibility index (Phi) is 6.81. The van der Waals surface area contributed by atoms with E-state index in [0.717, 1.165) is 5.69 Å². The first-order valence-corrected chi connectivity index (χ1v) is 6.36. The highest BCUT2D eigenvalue weighted by Gasteiger charge is 2.27. The summed E-state index contributed by atoms with van der Waals surface area (Å²) in [6.45, 7) is 3.71. The molecule has 0 saturated carbocycles. The Morgan fingerprint density at radius 2 is 1.70 bits per heavy atom. The summed E-state index contributed by atoms with van der Waals surface area (Å²) in [6, 6.07) is 9.16. The van der Waals surface area contributed by atoms with Crippen molar-refractivity contribution in [2.45, 2.75) is 13.8 Å². The van der Waals surface area contributed by atoms with Crippen LogP contribution in [0.5, 0.6) is 0 Å². The van der Waals surface area contributed by atoms with Crippen molar-refractivity contribution >= 4 is 23.8 Å². The summed E-state index contributed by atoms with van der Waals surface area (Å²) < 4.78 is 9.63. The van der Waals surface area contributed by atoms with Crippen LogP contribution < -0.4 is 5.43 Å². The van der Waals surface area contributed by atoms with Gasteiger partial charge in [0.1, 0.15) is 0 Å². The maximum atomic E-state index is 11.7. The summed E-state index contributed by atoms with van der Waals surface area (Å²) in [5.74, 6) is -2.51. The summed E-state index contributed by atoms with van der Waals surface area (Å²) >= 11 is 0. The Balaban J connectivity index is 2.68. The second-order valence-corrected chi connectivity index (χ2v) is 3.74. The van der Waals surface area contributed by atoms with Crippen molar-refractivity contribution < 1.29 is 19.1 Å². The molecule has 0 aliphatic rings. The lowest BCUT2D eigenvalue weighted by Crippen LogP contribution is -2.29. The average Bonchev–Trinajstić information content (AvgIpc) is 2.45. The van der Waals surface area contributed by atoms with Crippen LogP contribution in [-0.4, -0.2) is 31.4 Å². The monoisotopic (exact) mass is 278 g/mol. The Hall–Kier alpha value is -2.37. The predicted molar refractivity (Wildman–Crippen MR) is 75.3 cm³/mol. The van der Waals surface area contributed by atoms with Gasteiger partial charge in [-0.2, -0.15) is 5.10 Å². The van der Waals surface area contributed by atoms with Crippen LogP contribution in [0.2, 0.25) is 0 Å². The maximum Gasteiger partial charge on any atom is 0.325 e. The largest absolute Gasteiger partial charge is 0.465 e. The summed E-state index contributed by atoms with van der Waals surface area (Å²) in [6.07, 6.45) is 1.18. The molecule has 1 rings (SSSR count). The molecule has 6 heteroatoms. The number of nitrogens with one attached hydrogen (secondary N) is 1. The summed E-state index contributed by atoms with van der Waals surface area (Å²) in [5, 5.41) is 3.87. The zero-order valence-corrected chi connectivity index (χ0v) is 11.5. The molecular formula is C14H18N2O4. The van der Waals surface area contributed by atoms with E-state index in [1.807, 2.05) is 18.2 Å². The number of rotatable bonds is 7. The number of carbonyl (C=O) groups excluding carboxylic acids is 2. The minimum absolute atomic E-state index is 0.189. The van der Waals surface area contributed by atoms with Gasteiger partial charge in [-0.05, 0) is 26.0 Å². The highest BCUT2D eigenvalue weighted by atomic mass is 16.6. The quantitative estimate of drug-likeness (QED) is 0.356. The third kappa shape index (κ3) is 5.09. The minimum atomic E-state index is -1.16. The lowest BCUT2D eigenvalue weighted by molar-refractivity contribution is -0.157. The number of esters is 2. The summed E-state index contributed by atoms with van der Waals surface area (Å²) in [4.78, 5) is 23.3. The standard InChI is InChI=1S/C14H18N2O4/c1-3-19-13(17)12(14(18)20-4-2)10-15-16-11-8-6-5-7-9-11/h5-10,12,16H,3-4H2,1-2H3. The fourth-order valence-corrected chi connectivity index (χ4v) is 1.38. The lowest BCUT2D eigenvalue weighted by Gasteiger charge is -2.10. The molecule has 0 unspecified atom stereocenters. The number of benzene rings is 1. The molecule has 0 spiro atoms. The van der Waals surface area contributed by atoms with E-state index in [4.69, 9.17) is 9.47 Å². The van der Waals surface area contributed by atoms with E-state index >= 15 is 0 Å². The second-order valence-electron chi connectivity index (χ2n) is 3.74. The molecule has 0 heterocycles. The van der Waals surface area contributed by atoms with Crippen molar-refractivity contribution in [1.82, 2.24) is 0 Å². The molecule has 0 aromatic heterocycles. The fraction of sp³-hybridized carbons (Fsp3) is 0.357. The zero-order valence-electron chi connectivity index (χ0n) is 11.5. The van der Waals surface area contributed by atoms with Gasteiger partial charge < -0.3 is 9.47 Å². The number of hydrogen-bond acceptors (Lipinski definition) is 6.